The fraction of sp³-hybridized carbons (Fsp3) is 0.167. The third-order valence-electron chi connectivity index (χ3n) is 2.10. The molecule has 0 saturated heterocycles. The van der Waals surface area contributed by atoms with Gasteiger partial charge in [-0.2, -0.15) is 5.26 Å². The summed E-state index contributed by atoms with van der Waals surface area (Å²) in [6, 6.07) is 9.58. The minimum Gasteiger partial charge on any atom is -0.479 e. The lowest BCUT2D eigenvalue weighted by Crippen LogP contribution is -1.99. The molecule has 17 heavy (non-hydrogen) atoms. The maximum absolute atomic E-state index is 8.38. The normalized spacial score (nSPS) is 9.59. The molecular formula is C12H11N3OS. The van der Waals surface area contributed by atoms with Crippen LogP contribution < -0.4 is 10.1 Å². The van der Waals surface area contributed by atoms with Gasteiger partial charge < -0.3 is 10.1 Å². The van der Waals surface area contributed by atoms with Crippen LogP contribution in [0.2, 0.25) is 0 Å². The van der Waals surface area contributed by atoms with Crippen LogP contribution in [0.4, 0.5) is 5.13 Å². The number of anilines is 1. The largest absolute Gasteiger partial charge is 0.479 e. The van der Waals surface area contributed by atoms with Crippen LogP contribution in [0, 0.1) is 11.3 Å². The van der Waals surface area contributed by atoms with E-state index in [1.165, 1.54) is 0 Å². The lowest BCUT2D eigenvalue weighted by atomic mass is 10.2. The molecule has 4 nitrogen and oxygen atoms in total. The number of ether oxygens (including phenoxy) is 1. The predicted molar refractivity (Wildman–Crippen MR) is 67.0 cm³/mol. The number of nitriles is 1. The average molecular weight is 245 g/mol. The lowest BCUT2D eigenvalue weighted by Gasteiger charge is -2.05. The molecule has 0 aliphatic heterocycles. The van der Waals surface area contributed by atoms with E-state index >= 15 is 0 Å². The highest BCUT2D eigenvalue weighted by atomic mass is 32.1. The molecule has 0 unspecified atom stereocenters. The van der Waals surface area contributed by atoms with Crippen molar-refractivity contribution in [2.24, 2.45) is 0 Å². The van der Waals surface area contributed by atoms with Gasteiger partial charge in [-0.05, 0) is 17.7 Å². The maximum atomic E-state index is 8.38. The van der Waals surface area contributed by atoms with Gasteiger partial charge in [-0.25, -0.2) is 4.98 Å². The van der Waals surface area contributed by atoms with Gasteiger partial charge in [0.25, 0.3) is 0 Å². The van der Waals surface area contributed by atoms with E-state index in [0.717, 1.165) is 17.2 Å². The van der Waals surface area contributed by atoms with E-state index in [1.807, 2.05) is 35.7 Å². The Balaban J connectivity index is 1.88. The van der Waals surface area contributed by atoms with E-state index in [2.05, 4.69) is 10.3 Å². The van der Waals surface area contributed by atoms with Crippen LogP contribution in [0.15, 0.2) is 35.8 Å². The number of nitrogens with zero attached hydrogens (tertiary/aromatic N) is 2. The van der Waals surface area contributed by atoms with E-state index in [9.17, 15) is 0 Å². The van der Waals surface area contributed by atoms with Gasteiger partial charge in [-0.3, -0.25) is 0 Å². The second-order valence-electron chi connectivity index (χ2n) is 3.28. The number of rotatable bonds is 5. The molecule has 0 aliphatic carbocycles. The van der Waals surface area contributed by atoms with Crippen LogP contribution in [0.1, 0.15) is 5.56 Å². The molecule has 0 radical (unpaired) electrons. The van der Waals surface area contributed by atoms with E-state index in [-0.39, 0.29) is 6.61 Å². The zero-order chi connectivity index (χ0) is 11.9. The van der Waals surface area contributed by atoms with Crippen LogP contribution in [-0.2, 0) is 6.54 Å². The Morgan fingerprint density at radius 2 is 2.18 bits per heavy atom. The predicted octanol–water partition coefficient (Wildman–Crippen LogP) is 2.66. The van der Waals surface area contributed by atoms with Crippen molar-refractivity contribution in [3.63, 3.8) is 0 Å². The molecule has 1 N–H and O–H groups in total. The summed E-state index contributed by atoms with van der Waals surface area (Å²) >= 11 is 1.57. The molecule has 0 atom stereocenters. The molecule has 0 aliphatic rings. The van der Waals surface area contributed by atoms with E-state index in [1.54, 1.807) is 17.5 Å². The molecule has 0 amide bonds. The molecule has 5 heteroatoms. The molecule has 0 fully saturated rings. The van der Waals surface area contributed by atoms with Crippen molar-refractivity contribution in [3.05, 3.63) is 41.4 Å². The van der Waals surface area contributed by atoms with Crippen molar-refractivity contribution >= 4 is 16.5 Å². The second-order valence-corrected chi connectivity index (χ2v) is 4.18. The smallest absolute Gasteiger partial charge is 0.182 e. The Morgan fingerprint density at radius 3 is 2.82 bits per heavy atom. The number of nitrogens with one attached hydrogen (secondary N) is 1. The highest BCUT2D eigenvalue weighted by Gasteiger charge is 1.97. The van der Waals surface area contributed by atoms with Gasteiger partial charge in [-0.1, -0.05) is 12.1 Å². The first-order chi connectivity index (χ1) is 8.38. The maximum Gasteiger partial charge on any atom is 0.182 e. The zero-order valence-corrected chi connectivity index (χ0v) is 9.91. The van der Waals surface area contributed by atoms with E-state index in [4.69, 9.17) is 10.00 Å². The molecule has 86 valence electrons. The number of aromatic nitrogens is 1. The molecule has 2 aromatic rings. The zero-order valence-electron chi connectivity index (χ0n) is 9.09. The Morgan fingerprint density at radius 1 is 1.35 bits per heavy atom. The topological polar surface area (TPSA) is 57.9 Å². The molecular weight excluding hydrogens is 234 g/mol. The average Bonchev–Trinajstić information content (AvgIpc) is 2.88. The number of benzene rings is 1. The van der Waals surface area contributed by atoms with Gasteiger partial charge in [0.2, 0.25) is 0 Å². The number of hydrogen-bond donors (Lipinski definition) is 1. The summed E-state index contributed by atoms with van der Waals surface area (Å²) in [5, 5.41) is 14.4. The van der Waals surface area contributed by atoms with Crippen LogP contribution in [0.5, 0.6) is 5.75 Å². The number of hydrogen-bond acceptors (Lipinski definition) is 5. The standard InChI is InChI=1S/C12H11N3OS/c13-5-7-16-11-3-1-10(2-4-11)9-15-12-14-6-8-17-12/h1-4,6,8H,7,9H2,(H,14,15). The van der Waals surface area contributed by atoms with Crippen LogP contribution in [0.3, 0.4) is 0 Å². The summed E-state index contributed by atoms with van der Waals surface area (Å²) < 4.78 is 5.17. The van der Waals surface area contributed by atoms with Gasteiger partial charge in [0, 0.05) is 18.1 Å². The van der Waals surface area contributed by atoms with Crippen molar-refractivity contribution in [3.8, 4) is 11.8 Å². The van der Waals surface area contributed by atoms with Gasteiger partial charge in [-0.15, -0.1) is 11.3 Å². The van der Waals surface area contributed by atoms with E-state index < -0.39 is 0 Å². The Labute approximate surface area is 103 Å². The lowest BCUT2D eigenvalue weighted by molar-refractivity contribution is 0.368. The van der Waals surface area contributed by atoms with Crippen molar-refractivity contribution in [1.29, 1.82) is 5.26 Å². The SMILES string of the molecule is N#CCOc1ccc(CNc2nccs2)cc1. The fourth-order valence-electron chi connectivity index (χ4n) is 1.31. The first kappa shape index (κ1) is 11.4. The van der Waals surface area contributed by atoms with Gasteiger partial charge in [0.1, 0.15) is 11.8 Å². The number of thiazole rings is 1. The van der Waals surface area contributed by atoms with Crippen LogP contribution >= 0.6 is 11.3 Å². The molecule has 2 rings (SSSR count). The summed E-state index contributed by atoms with van der Waals surface area (Å²) in [4.78, 5) is 4.14. The Bertz CT molecular complexity index is 487. The van der Waals surface area contributed by atoms with Gasteiger partial charge in [0.15, 0.2) is 11.7 Å². The van der Waals surface area contributed by atoms with Gasteiger partial charge >= 0.3 is 0 Å². The molecule has 1 aromatic heterocycles. The molecule has 1 heterocycles. The molecule has 0 saturated carbocycles. The minimum atomic E-state index is 0.0801. The third kappa shape index (κ3) is 3.47. The van der Waals surface area contributed by atoms with Crippen molar-refractivity contribution in [2.75, 3.05) is 11.9 Å². The minimum absolute atomic E-state index is 0.0801. The monoisotopic (exact) mass is 245 g/mol. The van der Waals surface area contributed by atoms with Crippen LogP contribution in [0.25, 0.3) is 0 Å². The molecule has 0 spiro atoms. The highest BCUT2D eigenvalue weighted by Crippen LogP contribution is 2.15. The van der Waals surface area contributed by atoms with Crippen molar-refractivity contribution in [2.45, 2.75) is 6.54 Å². The molecule has 0 bridgehead atoms. The fourth-order valence-corrected chi connectivity index (χ4v) is 1.84. The molecule has 1 aromatic carbocycles. The summed E-state index contributed by atoms with van der Waals surface area (Å²) in [5.74, 6) is 0.713. The summed E-state index contributed by atoms with van der Waals surface area (Å²) in [5.41, 5.74) is 1.14. The van der Waals surface area contributed by atoms with Gasteiger partial charge in [0.05, 0.1) is 0 Å². The first-order valence-electron chi connectivity index (χ1n) is 5.10. The Hall–Kier alpha value is -2.06. The quantitative estimate of drug-likeness (QED) is 0.879. The third-order valence-corrected chi connectivity index (χ3v) is 2.83. The first-order valence-corrected chi connectivity index (χ1v) is 5.98. The summed E-state index contributed by atoms with van der Waals surface area (Å²) in [7, 11) is 0. The van der Waals surface area contributed by atoms with Crippen LogP contribution in [-0.4, -0.2) is 11.6 Å². The van der Waals surface area contributed by atoms with Crippen molar-refractivity contribution < 1.29 is 4.74 Å². The summed E-state index contributed by atoms with van der Waals surface area (Å²) in [6.45, 7) is 0.808. The Kier molecular flexibility index (Phi) is 3.95. The highest BCUT2D eigenvalue weighted by molar-refractivity contribution is 7.13. The van der Waals surface area contributed by atoms with E-state index in [0.29, 0.717) is 5.75 Å². The summed E-state index contributed by atoms with van der Waals surface area (Å²) in [6.07, 6.45) is 1.77. The van der Waals surface area contributed by atoms with Crippen molar-refractivity contribution in [1.82, 2.24) is 4.98 Å². The second kappa shape index (κ2) is 5.87.